The predicted molar refractivity (Wildman–Crippen MR) is 84.5 cm³/mol. The number of rotatable bonds is 5. The molecule has 104 valence electrons. The molecular weight excluding hydrogens is 268 g/mol. The lowest BCUT2D eigenvalue weighted by Gasteiger charge is -2.07. The van der Waals surface area contributed by atoms with Crippen LogP contribution in [0.15, 0.2) is 48.5 Å². The van der Waals surface area contributed by atoms with Crippen molar-refractivity contribution in [3.8, 4) is 0 Å². The van der Waals surface area contributed by atoms with Crippen LogP contribution >= 0.6 is 11.6 Å². The Morgan fingerprint density at radius 3 is 2.30 bits per heavy atom. The van der Waals surface area contributed by atoms with Gasteiger partial charge in [0.05, 0.1) is 0 Å². The first kappa shape index (κ1) is 14.8. The van der Waals surface area contributed by atoms with E-state index in [1.165, 1.54) is 5.56 Å². The number of carbonyl (C=O) groups is 1. The maximum Gasteiger partial charge on any atom is 0.167 e. The number of benzene rings is 2. The fourth-order valence-electron chi connectivity index (χ4n) is 2.21. The van der Waals surface area contributed by atoms with E-state index in [4.69, 9.17) is 11.6 Å². The van der Waals surface area contributed by atoms with E-state index in [0.29, 0.717) is 17.4 Å². The molecule has 2 rings (SSSR count). The average molecular weight is 287 g/mol. The Bertz CT molecular complexity index is 585. The summed E-state index contributed by atoms with van der Waals surface area (Å²) < 4.78 is 0. The van der Waals surface area contributed by atoms with Gasteiger partial charge in [-0.1, -0.05) is 67.9 Å². The lowest BCUT2D eigenvalue weighted by molar-refractivity contribution is 0.0993. The van der Waals surface area contributed by atoms with E-state index in [9.17, 15) is 4.79 Å². The van der Waals surface area contributed by atoms with Crippen molar-refractivity contribution < 1.29 is 4.79 Å². The van der Waals surface area contributed by atoms with Gasteiger partial charge in [0, 0.05) is 17.0 Å². The zero-order valence-corrected chi connectivity index (χ0v) is 12.7. The summed E-state index contributed by atoms with van der Waals surface area (Å²) in [6.07, 6.45) is 1.39. The molecule has 0 saturated heterocycles. The number of Topliss-reactive ketones (excluding diaryl/α,β-unsaturated/α-hetero) is 1. The van der Waals surface area contributed by atoms with Crippen molar-refractivity contribution in [2.24, 2.45) is 5.92 Å². The van der Waals surface area contributed by atoms with Crippen molar-refractivity contribution in [3.05, 3.63) is 70.2 Å². The normalized spacial score (nSPS) is 10.8. The monoisotopic (exact) mass is 286 g/mol. The van der Waals surface area contributed by atoms with E-state index in [1.54, 1.807) is 0 Å². The second-order valence-corrected chi connectivity index (χ2v) is 5.89. The largest absolute Gasteiger partial charge is 0.294 e. The van der Waals surface area contributed by atoms with E-state index < -0.39 is 0 Å². The number of halogens is 1. The maximum absolute atomic E-state index is 12.2. The van der Waals surface area contributed by atoms with Gasteiger partial charge in [0.15, 0.2) is 5.78 Å². The molecule has 0 aliphatic rings. The summed E-state index contributed by atoms with van der Waals surface area (Å²) in [6, 6.07) is 15.4. The minimum absolute atomic E-state index is 0.106. The van der Waals surface area contributed by atoms with Crippen LogP contribution in [0.25, 0.3) is 0 Å². The molecule has 0 saturated carbocycles. The molecule has 0 heterocycles. The lowest BCUT2D eigenvalue weighted by atomic mass is 9.98. The summed E-state index contributed by atoms with van der Waals surface area (Å²) in [5.74, 6) is 0.730. The summed E-state index contributed by atoms with van der Waals surface area (Å²) in [5.41, 5.74) is 2.90. The zero-order chi connectivity index (χ0) is 14.5. The molecule has 0 unspecified atom stereocenters. The van der Waals surface area contributed by atoms with Crippen LogP contribution < -0.4 is 0 Å². The third-order valence-corrected chi connectivity index (χ3v) is 3.60. The fraction of sp³-hybridized carbons (Fsp3) is 0.278. The Balaban J connectivity index is 2.08. The van der Waals surface area contributed by atoms with Gasteiger partial charge in [-0.3, -0.25) is 4.79 Å². The van der Waals surface area contributed by atoms with Crippen molar-refractivity contribution in [3.63, 3.8) is 0 Å². The molecule has 0 bridgehead atoms. The lowest BCUT2D eigenvalue weighted by Crippen LogP contribution is -2.04. The molecule has 0 atom stereocenters. The van der Waals surface area contributed by atoms with Crippen LogP contribution in [0.3, 0.4) is 0 Å². The van der Waals surface area contributed by atoms with Crippen molar-refractivity contribution >= 4 is 17.4 Å². The highest BCUT2D eigenvalue weighted by Gasteiger charge is 2.09. The number of carbonyl (C=O) groups excluding carboxylic acids is 1. The second-order valence-electron chi connectivity index (χ2n) is 5.49. The number of hydrogen-bond donors (Lipinski definition) is 0. The molecule has 2 aromatic carbocycles. The molecule has 0 aromatic heterocycles. The number of hydrogen-bond acceptors (Lipinski definition) is 1. The smallest absolute Gasteiger partial charge is 0.167 e. The predicted octanol–water partition coefficient (Wildman–Crippen LogP) is 4.96. The summed E-state index contributed by atoms with van der Waals surface area (Å²) in [6.45, 7) is 4.38. The van der Waals surface area contributed by atoms with Crippen LogP contribution in [0.5, 0.6) is 0 Å². The molecule has 2 aromatic rings. The third kappa shape index (κ3) is 3.94. The van der Waals surface area contributed by atoms with Gasteiger partial charge in [0.2, 0.25) is 0 Å². The Morgan fingerprint density at radius 1 is 1.05 bits per heavy atom. The highest BCUT2D eigenvalue weighted by Crippen LogP contribution is 2.18. The summed E-state index contributed by atoms with van der Waals surface area (Å²) >= 11 is 6.09. The van der Waals surface area contributed by atoms with Crippen molar-refractivity contribution in [2.75, 3.05) is 0 Å². The first-order valence-electron chi connectivity index (χ1n) is 6.92. The molecule has 0 amide bonds. The fourth-order valence-corrected chi connectivity index (χ4v) is 2.42. The molecule has 0 radical (unpaired) electrons. The van der Waals surface area contributed by atoms with Gasteiger partial charge in [0.1, 0.15) is 0 Å². The van der Waals surface area contributed by atoms with Crippen LogP contribution in [0, 0.1) is 5.92 Å². The van der Waals surface area contributed by atoms with Gasteiger partial charge in [-0.25, -0.2) is 0 Å². The van der Waals surface area contributed by atoms with Gasteiger partial charge >= 0.3 is 0 Å². The summed E-state index contributed by atoms with van der Waals surface area (Å²) in [5, 5.41) is 0.650. The maximum atomic E-state index is 12.2. The van der Waals surface area contributed by atoms with Crippen LogP contribution in [-0.4, -0.2) is 5.78 Å². The summed E-state index contributed by atoms with van der Waals surface area (Å²) in [4.78, 5) is 12.2. The van der Waals surface area contributed by atoms with Crippen molar-refractivity contribution in [1.82, 2.24) is 0 Å². The molecule has 0 fully saturated rings. The van der Waals surface area contributed by atoms with Crippen molar-refractivity contribution in [1.29, 1.82) is 0 Å². The van der Waals surface area contributed by atoms with Crippen LogP contribution in [0.4, 0.5) is 0 Å². The SMILES string of the molecule is CC(C)Cc1ccc(C(=O)Cc2ccccc2Cl)cc1. The van der Waals surface area contributed by atoms with Gasteiger partial charge in [-0.15, -0.1) is 0 Å². The van der Waals surface area contributed by atoms with E-state index >= 15 is 0 Å². The average Bonchev–Trinajstić information content (AvgIpc) is 2.41. The van der Waals surface area contributed by atoms with Crippen LogP contribution in [0.1, 0.15) is 35.3 Å². The molecule has 0 aliphatic heterocycles. The topological polar surface area (TPSA) is 17.1 Å². The second kappa shape index (κ2) is 6.71. The van der Waals surface area contributed by atoms with Gasteiger partial charge in [-0.2, -0.15) is 0 Å². The van der Waals surface area contributed by atoms with Gasteiger partial charge in [-0.05, 0) is 29.5 Å². The standard InChI is InChI=1S/C18H19ClO/c1-13(2)11-14-7-9-15(10-8-14)18(20)12-16-5-3-4-6-17(16)19/h3-10,13H,11-12H2,1-2H3. The minimum atomic E-state index is 0.106. The Labute approximate surface area is 125 Å². The molecule has 0 aliphatic carbocycles. The third-order valence-electron chi connectivity index (χ3n) is 3.23. The Morgan fingerprint density at radius 2 is 1.70 bits per heavy atom. The van der Waals surface area contributed by atoms with Gasteiger partial charge in [0.25, 0.3) is 0 Å². The van der Waals surface area contributed by atoms with E-state index in [0.717, 1.165) is 17.5 Å². The van der Waals surface area contributed by atoms with E-state index in [-0.39, 0.29) is 5.78 Å². The molecule has 20 heavy (non-hydrogen) atoms. The quantitative estimate of drug-likeness (QED) is 0.710. The van der Waals surface area contributed by atoms with Crippen molar-refractivity contribution in [2.45, 2.75) is 26.7 Å². The van der Waals surface area contributed by atoms with E-state index in [1.807, 2.05) is 48.5 Å². The van der Waals surface area contributed by atoms with Gasteiger partial charge < -0.3 is 0 Å². The molecule has 2 heteroatoms. The molecular formula is C18H19ClO. The first-order valence-corrected chi connectivity index (χ1v) is 7.29. The first-order chi connectivity index (χ1) is 9.56. The molecule has 1 nitrogen and oxygen atoms in total. The Kier molecular flexibility index (Phi) is 4.97. The number of ketones is 1. The molecule has 0 N–H and O–H groups in total. The highest BCUT2D eigenvalue weighted by molar-refractivity contribution is 6.31. The van der Waals surface area contributed by atoms with E-state index in [2.05, 4.69) is 13.8 Å². The van der Waals surface area contributed by atoms with Crippen LogP contribution in [0.2, 0.25) is 5.02 Å². The zero-order valence-electron chi connectivity index (χ0n) is 11.9. The summed E-state index contributed by atoms with van der Waals surface area (Å²) in [7, 11) is 0. The Hall–Kier alpha value is -1.60. The molecule has 0 spiro atoms. The van der Waals surface area contributed by atoms with Crippen LogP contribution in [-0.2, 0) is 12.8 Å². The highest BCUT2D eigenvalue weighted by atomic mass is 35.5. The minimum Gasteiger partial charge on any atom is -0.294 e.